The summed E-state index contributed by atoms with van der Waals surface area (Å²) < 4.78 is 27.8. The highest BCUT2D eigenvalue weighted by Crippen LogP contribution is 2.32. The van der Waals surface area contributed by atoms with Crippen LogP contribution in [0, 0.1) is 11.6 Å². The first-order valence-electron chi connectivity index (χ1n) is 8.24. The van der Waals surface area contributed by atoms with Gasteiger partial charge in [0.2, 0.25) is 0 Å². The zero-order valence-corrected chi connectivity index (χ0v) is 13.5. The fourth-order valence-electron chi connectivity index (χ4n) is 3.27. The number of nitrogens with one attached hydrogen (secondary N) is 2. The van der Waals surface area contributed by atoms with E-state index >= 15 is 0 Å². The molecule has 0 aliphatic carbocycles. The zero-order chi connectivity index (χ0) is 17.4. The Morgan fingerprint density at radius 2 is 1.88 bits per heavy atom. The second kappa shape index (κ2) is 6.20. The van der Waals surface area contributed by atoms with Crippen LogP contribution in [0.5, 0.6) is 0 Å². The fraction of sp³-hybridized carbons (Fsp3) is 0.211. The number of hydrogen-bond donors (Lipinski definition) is 2. The van der Waals surface area contributed by atoms with Crippen molar-refractivity contribution in [1.29, 1.82) is 0 Å². The van der Waals surface area contributed by atoms with Gasteiger partial charge in [-0.3, -0.25) is 4.79 Å². The number of rotatable bonds is 3. The maximum Gasteiger partial charge on any atom is 0.257 e. The summed E-state index contributed by atoms with van der Waals surface area (Å²) in [6, 6.07) is 9.04. The number of halogens is 2. The maximum absolute atomic E-state index is 14.3. The highest BCUT2D eigenvalue weighted by atomic mass is 19.1. The van der Waals surface area contributed by atoms with Crippen LogP contribution >= 0.6 is 0 Å². The number of carbonyl (C=O) groups is 1. The van der Waals surface area contributed by atoms with Gasteiger partial charge in [-0.25, -0.2) is 8.78 Å². The molecular formula is C19H17F2N3O. The van der Waals surface area contributed by atoms with E-state index in [1.54, 1.807) is 12.1 Å². The summed E-state index contributed by atoms with van der Waals surface area (Å²) in [6.07, 6.45) is 3.64. The number of benzene rings is 2. The quantitative estimate of drug-likeness (QED) is 0.831. The van der Waals surface area contributed by atoms with Crippen LogP contribution in [0.3, 0.4) is 0 Å². The Morgan fingerprint density at radius 3 is 2.64 bits per heavy atom. The van der Waals surface area contributed by atoms with Crippen molar-refractivity contribution in [2.45, 2.75) is 12.8 Å². The summed E-state index contributed by atoms with van der Waals surface area (Å²) >= 11 is 0. The van der Waals surface area contributed by atoms with Crippen LogP contribution in [0.4, 0.5) is 25.8 Å². The number of nitrogens with zero attached hydrogens (tertiary/aromatic N) is 1. The van der Waals surface area contributed by atoms with Crippen molar-refractivity contribution in [3.05, 3.63) is 59.8 Å². The van der Waals surface area contributed by atoms with Gasteiger partial charge in [0.25, 0.3) is 5.91 Å². The Labute approximate surface area is 144 Å². The van der Waals surface area contributed by atoms with Gasteiger partial charge in [-0.2, -0.15) is 0 Å². The predicted molar refractivity (Wildman–Crippen MR) is 94.5 cm³/mol. The Balaban J connectivity index is 1.57. The van der Waals surface area contributed by atoms with Crippen LogP contribution in [0.15, 0.2) is 42.6 Å². The molecule has 2 heterocycles. The van der Waals surface area contributed by atoms with E-state index in [9.17, 15) is 13.6 Å². The molecule has 2 N–H and O–H groups in total. The molecule has 0 bridgehead atoms. The average molecular weight is 341 g/mol. The first-order valence-corrected chi connectivity index (χ1v) is 8.24. The number of carbonyl (C=O) groups excluding carboxylic acids is 1. The van der Waals surface area contributed by atoms with Gasteiger partial charge in [0.15, 0.2) is 0 Å². The van der Waals surface area contributed by atoms with E-state index < -0.39 is 5.82 Å². The summed E-state index contributed by atoms with van der Waals surface area (Å²) in [6.45, 7) is 1.74. The van der Waals surface area contributed by atoms with Crippen LogP contribution < -0.4 is 15.5 Å². The molecule has 0 atom stereocenters. The van der Waals surface area contributed by atoms with E-state index in [-0.39, 0.29) is 11.7 Å². The molecule has 4 nitrogen and oxygen atoms in total. The van der Waals surface area contributed by atoms with Gasteiger partial charge < -0.3 is 15.5 Å². The van der Waals surface area contributed by atoms with Crippen LogP contribution in [-0.2, 0) is 4.79 Å². The van der Waals surface area contributed by atoms with Crippen molar-refractivity contribution in [3.63, 3.8) is 0 Å². The van der Waals surface area contributed by atoms with Crippen molar-refractivity contribution in [2.75, 3.05) is 28.6 Å². The Hall–Kier alpha value is -2.89. The van der Waals surface area contributed by atoms with Crippen LogP contribution in [0.1, 0.15) is 18.4 Å². The topological polar surface area (TPSA) is 44.4 Å². The largest absolute Gasteiger partial charge is 0.369 e. The lowest BCUT2D eigenvalue weighted by atomic mass is 10.1. The van der Waals surface area contributed by atoms with Crippen molar-refractivity contribution in [1.82, 2.24) is 0 Å². The number of anilines is 3. The Bertz CT molecular complexity index is 873. The van der Waals surface area contributed by atoms with Crippen molar-refractivity contribution in [2.24, 2.45) is 0 Å². The molecular weight excluding hydrogens is 324 g/mol. The third-order valence-electron chi connectivity index (χ3n) is 4.54. The molecule has 0 radical (unpaired) electrons. The monoisotopic (exact) mass is 341 g/mol. The lowest BCUT2D eigenvalue weighted by molar-refractivity contribution is -0.110. The van der Waals surface area contributed by atoms with Gasteiger partial charge >= 0.3 is 0 Å². The molecule has 6 heteroatoms. The van der Waals surface area contributed by atoms with Crippen LogP contribution in [0.2, 0.25) is 0 Å². The molecule has 4 rings (SSSR count). The normalized spacial score (nSPS) is 17.8. The minimum absolute atomic E-state index is 0.299. The molecule has 2 aromatic rings. The molecule has 0 unspecified atom stereocenters. The van der Waals surface area contributed by atoms with Gasteiger partial charge in [-0.1, -0.05) is 0 Å². The van der Waals surface area contributed by atoms with Gasteiger partial charge in [-0.05, 0) is 49.2 Å². The average Bonchev–Trinajstić information content (AvgIpc) is 3.21. The summed E-state index contributed by atoms with van der Waals surface area (Å²) in [7, 11) is 0. The fourth-order valence-corrected chi connectivity index (χ4v) is 3.27. The van der Waals surface area contributed by atoms with Crippen LogP contribution in [-0.4, -0.2) is 19.0 Å². The third kappa shape index (κ3) is 2.95. The predicted octanol–water partition coefficient (Wildman–Crippen LogP) is 3.97. The summed E-state index contributed by atoms with van der Waals surface area (Å²) in [5, 5.41) is 5.61. The summed E-state index contributed by atoms with van der Waals surface area (Å²) in [5.74, 6) is -1.03. The van der Waals surface area contributed by atoms with Gasteiger partial charge in [0.1, 0.15) is 11.6 Å². The SMILES string of the molecule is O=C1Nc2ccc(F)cc2/C1=C\Nc1ccc(N2CCCC2)c(F)c1. The van der Waals surface area contributed by atoms with E-state index in [4.69, 9.17) is 0 Å². The lowest BCUT2D eigenvalue weighted by Crippen LogP contribution is -2.18. The van der Waals surface area contributed by atoms with Crippen molar-refractivity contribution in [3.8, 4) is 0 Å². The van der Waals surface area contributed by atoms with Crippen molar-refractivity contribution < 1.29 is 13.6 Å². The van der Waals surface area contributed by atoms with Gasteiger partial charge in [0, 0.05) is 36.2 Å². The lowest BCUT2D eigenvalue weighted by Gasteiger charge is -2.18. The summed E-state index contributed by atoms with van der Waals surface area (Å²) in [5.41, 5.74) is 2.51. The molecule has 0 spiro atoms. The highest BCUT2D eigenvalue weighted by molar-refractivity contribution is 6.31. The summed E-state index contributed by atoms with van der Waals surface area (Å²) in [4.78, 5) is 14.1. The Morgan fingerprint density at radius 1 is 1.08 bits per heavy atom. The number of amides is 1. The molecule has 2 aliphatic heterocycles. The molecule has 2 aliphatic rings. The molecule has 1 fully saturated rings. The third-order valence-corrected chi connectivity index (χ3v) is 4.54. The molecule has 0 aromatic heterocycles. The van der Waals surface area contributed by atoms with E-state index in [1.165, 1.54) is 30.5 Å². The van der Waals surface area contributed by atoms with E-state index in [0.717, 1.165) is 25.9 Å². The van der Waals surface area contributed by atoms with Crippen molar-refractivity contribution >= 4 is 28.5 Å². The van der Waals surface area contributed by atoms with E-state index in [2.05, 4.69) is 10.6 Å². The number of hydrogen-bond acceptors (Lipinski definition) is 3. The second-order valence-electron chi connectivity index (χ2n) is 6.21. The van der Waals surface area contributed by atoms with E-state index in [1.807, 2.05) is 4.90 Å². The Kier molecular flexibility index (Phi) is 3.87. The minimum atomic E-state index is -0.415. The maximum atomic E-state index is 14.3. The molecule has 128 valence electrons. The molecule has 2 aromatic carbocycles. The van der Waals surface area contributed by atoms with Gasteiger partial charge in [-0.15, -0.1) is 0 Å². The smallest absolute Gasteiger partial charge is 0.257 e. The highest BCUT2D eigenvalue weighted by Gasteiger charge is 2.24. The first-order chi connectivity index (χ1) is 12.1. The van der Waals surface area contributed by atoms with Crippen LogP contribution in [0.25, 0.3) is 5.57 Å². The molecule has 1 amide bonds. The zero-order valence-electron chi connectivity index (χ0n) is 13.5. The minimum Gasteiger partial charge on any atom is -0.369 e. The molecule has 25 heavy (non-hydrogen) atoms. The number of fused-ring (bicyclic) bond motifs is 1. The van der Waals surface area contributed by atoms with Gasteiger partial charge in [0.05, 0.1) is 11.3 Å². The standard InChI is InChI=1S/C19H17F2N3O/c20-12-3-5-17-14(9-12)15(19(25)23-17)11-22-13-4-6-18(16(21)10-13)24-7-1-2-8-24/h3-6,9-11,22H,1-2,7-8H2,(H,23,25)/b15-11+. The first kappa shape index (κ1) is 15.6. The second-order valence-corrected chi connectivity index (χ2v) is 6.21. The van der Waals surface area contributed by atoms with E-state index in [0.29, 0.717) is 28.2 Å². The molecule has 0 saturated carbocycles. The molecule has 1 saturated heterocycles.